The zero-order chi connectivity index (χ0) is 11.5. The molecular formula is C12H23NO2. The van der Waals surface area contributed by atoms with Crippen molar-refractivity contribution in [3.8, 4) is 0 Å². The van der Waals surface area contributed by atoms with Gasteiger partial charge in [-0.3, -0.25) is 4.79 Å². The number of rotatable bonds is 8. The average molecular weight is 213 g/mol. The summed E-state index contributed by atoms with van der Waals surface area (Å²) < 4.78 is 4.90. The van der Waals surface area contributed by atoms with E-state index < -0.39 is 0 Å². The second-order valence-electron chi connectivity index (χ2n) is 3.61. The highest BCUT2D eigenvalue weighted by molar-refractivity contribution is 5.66. The summed E-state index contributed by atoms with van der Waals surface area (Å²) in [4.78, 5) is 10.6. The predicted molar refractivity (Wildman–Crippen MR) is 62.5 cm³/mol. The number of carbonyl (C=O) groups excluding carboxylic acids is 1. The number of hydrogen-bond acceptors (Lipinski definition) is 3. The van der Waals surface area contributed by atoms with Crippen molar-refractivity contribution >= 4 is 5.97 Å². The van der Waals surface area contributed by atoms with Gasteiger partial charge in [-0.2, -0.15) is 0 Å². The zero-order valence-corrected chi connectivity index (χ0v) is 10.1. The van der Waals surface area contributed by atoms with Crippen LogP contribution in [-0.4, -0.2) is 19.6 Å². The molecule has 0 aliphatic carbocycles. The van der Waals surface area contributed by atoms with E-state index >= 15 is 0 Å². The number of esters is 1. The Morgan fingerprint density at radius 3 is 2.60 bits per heavy atom. The molecule has 0 atom stereocenters. The van der Waals surface area contributed by atoms with E-state index in [-0.39, 0.29) is 5.97 Å². The number of nitrogens with one attached hydrogen (secondary N) is 1. The maximum Gasteiger partial charge on any atom is 0.303 e. The van der Waals surface area contributed by atoms with Crippen molar-refractivity contribution in [3.63, 3.8) is 0 Å². The van der Waals surface area contributed by atoms with Crippen molar-refractivity contribution in [1.82, 2.24) is 5.32 Å². The van der Waals surface area contributed by atoms with E-state index in [1.165, 1.54) is 32.6 Å². The molecule has 3 nitrogen and oxygen atoms in total. The van der Waals surface area contributed by atoms with Gasteiger partial charge in [0.05, 0.1) is 0 Å². The minimum Gasteiger partial charge on any atom is -0.459 e. The van der Waals surface area contributed by atoms with Gasteiger partial charge in [-0.15, -0.1) is 0 Å². The highest BCUT2D eigenvalue weighted by atomic mass is 16.5. The van der Waals surface area contributed by atoms with Crippen LogP contribution in [-0.2, 0) is 9.53 Å². The van der Waals surface area contributed by atoms with Crippen LogP contribution in [0.3, 0.4) is 0 Å². The molecule has 0 fully saturated rings. The third kappa shape index (κ3) is 9.32. The van der Waals surface area contributed by atoms with E-state index in [4.69, 9.17) is 4.74 Å². The van der Waals surface area contributed by atoms with Gasteiger partial charge in [0.1, 0.15) is 6.61 Å². The number of likely N-dealkylation sites (N-methyl/N-ethyl adjacent to an activating group) is 1. The highest BCUT2D eigenvalue weighted by Crippen LogP contribution is 2.04. The SMILES string of the molecule is CCCCCCC=C(COC(C)=O)NC. The third-order valence-corrected chi connectivity index (χ3v) is 2.20. The summed E-state index contributed by atoms with van der Waals surface area (Å²) in [5, 5.41) is 3.03. The monoisotopic (exact) mass is 213 g/mol. The van der Waals surface area contributed by atoms with Gasteiger partial charge in [0.25, 0.3) is 0 Å². The van der Waals surface area contributed by atoms with Crippen LogP contribution >= 0.6 is 0 Å². The molecule has 0 aromatic rings. The van der Waals surface area contributed by atoms with Crippen LogP contribution in [0.25, 0.3) is 0 Å². The molecule has 0 radical (unpaired) electrons. The van der Waals surface area contributed by atoms with Gasteiger partial charge >= 0.3 is 5.97 Å². The van der Waals surface area contributed by atoms with Crippen LogP contribution in [0.15, 0.2) is 11.8 Å². The number of unbranched alkanes of at least 4 members (excludes halogenated alkanes) is 4. The summed E-state index contributed by atoms with van der Waals surface area (Å²) >= 11 is 0. The number of allylic oxidation sites excluding steroid dienone is 1. The van der Waals surface area contributed by atoms with Gasteiger partial charge < -0.3 is 10.1 Å². The zero-order valence-electron chi connectivity index (χ0n) is 10.1. The second-order valence-corrected chi connectivity index (χ2v) is 3.61. The molecule has 1 N–H and O–H groups in total. The minimum atomic E-state index is -0.234. The standard InChI is InChI=1S/C12H23NO2/c1-4-5-6-7-8-9-12(13-3)10-15-11(2)14/h9,13H,4-8,10H2,1-3H3. The Morgan fingerprint density at radius 1 is 1.33 bits per heavy atom. The summed E-state index contributed by atoms with van der Waals surface area (Å²) in [5.41, 5.74) is 0.988. The maximum absolute atomic E-state index is 10.6. The van der Waals surface area contributed by atoms with E-state index in [1.54, 1.807) is 0 Å². The van der Waals surface area contributed by atoms with E-state index in [2.05, 4.69) is 18.3 Å². The smallest absolute Gasteiger partial charge is 0.303 e. The largest absolute Gasteiger partial charge is 0.459 e. The summed E-state index contributed by atoms with van der Waals surface area (Å²) in [6.07, 6.45) is 8.20. The summed E-state index contributed by atoms with van der Waals surface area (Å²) in [7, 11) is 1.85. The van der Waals surface area contributed by atoms with E-state index in [9.17, 15) is 4.79 Å². The fourth-order valence-corrected chi connectivity index (χ4v) is 1.26. The molecule has 0 amide bonds. The summed E-state index contributed by atoms with van der Waals surface area (Å²) in [5.74, 6) is -0.234. The van der Waals surface area contributed by atoms with Crippen molar-refractivity contribution in [2.75, 3.05) is 13.7 Å². The number of carbonyl (C=O) groups is 1. The summed E-state index contributed by atoms with van der Waals surface area (Å²) in [6.45, 7) is 3.99. The third-order valence-electron chi connectivity index (χ3n) is 2.20. The van der Waals surface area contributed by atoms with Crippen LogP contribution in [0.5, 0.6) is 0 Å². The first-order valence-electron chi connectivity index (χ1n) is 5.70. The van der Waals surface area contributed by atoms with Crippen LogP contribution in [0.4, 0.5) is 0 Å². The van der Waals surface area contributed by atoms with Crippen LogP contribution in [0.1, 0.15) is 46.0 Å². The molecule has 0 rings (SSSR count). The second kappa shape index (κ2) is 9.56. The lowest BCUT2D eigenvalue weighted by Crippen LogP contribution is -2.14. The van der Waals surface area contributed by atoms with Crippen LogP contribution in [0.2, 0.25) is 0 Å². The Morgan fingerprint density at radius 2 is 2.07 bits per heavy atom. The number of hydrogen-bond donors (Lipinski definition) is 1. The molecule has 0 spiro atoms. The van der Waals surface area contributed by atoms with Gasteiger partial charge in [0, 0.05) is 19.7 Å². The van der Waals surface area contributed by atoms with E-state index in [0.29, 0.717) is 6.61 Å². The van der Waals surface area contributed by atoms with Gasteiger partial charge in [0.2, 0.25) is 0 Å². The van der Waals surface area contributed by atoms with Gasteiger partial charge in [-0.25, -0.2) is 0 Å². The Labute approximate surface area is 92.9 Å². The van der Waals surface area contributed by atoms with Crippen molar-refractivity contribution in [1.29, 1.82) is 0 Å². The first-order valence-corrected chi connectivity index (χ1v) is 5.70. The molecule has 0 aromatic carbocycles. The molecule has 0 bridgehead atoms. The fraction of sp³-hybridized carbons (Fsp3) is 0.750. The molecular weight excluding hydrogens is 190 g/mol. The molecule has 0 aromatic heterocycles. The molecule has 0 heterocycles. The van der Waals surface area contributed by atoms with E-state index in [0.717, 1.165) is 12.1 Å². The lowest BCUT2D eigenvalue weighted by Gasteiger charge is -2.06. The first kappa shape index (κ1) is 14.0. The lowest BCUT2D eigenvalue weighted by atomic mass is 10.1. The van der Waals surface area contributed by atoms with Crippen LogP contribution in [0, 0.1) is 0 Å². The lowest BCUT2D eigenvalue weighted by molar-refractivity contribution is -0.140. The van der Waals surface area contributed by atoms with Gasteiger partial charge in [0.15, 0.2) is 0 Å². The Hall–Kier alpha value is -0.990. The van der Waals surface area contributed by atoms with Crippen molar-refractivity contribution in [2.45, 2.75) is 46.0 Å². The minimum absolute atomic E-state index is 0.234. The average Bonchev–Trinajstić information content (AvgIpc) is 2.22. The molecule has 0 saturated heterocycles. The molecule has 0 aliphatic rings. The molecule has 0 aliphatic heterocycles. The van der Waals surface area contributed by atoms with Crippen molar-refractivity contribution in [3.05, 3.63) is 11.8 Å². The van der Waals surface area contributed by atoms with Crippen molar-refractivity contribution < 1.29 is 9.53 Å². The molecule has 3 heteroatoms. The molecule has 0 unspecified atom stereocenters. The predicted octanol–water partition coefficient (Wildman–Crippen LogP) is 2.62. The normalized spacial score (nSPS) is 11.3. The van der Waals surface area contributed by atoms with Gasteiger partial charge in [-0.1, -0.05) is 32.3 Å². The van der Waals surface area contributed by atoms with Crippen molar-refractivity contribution in [2.24, 2.45) is 0 Å². The molecule has 15 heavy (non-hydrogen) atoms. The topological polar surface area (TPSA) is 38.3 Å². The summed E-state index contributed by atoms with van der Waals surface area (Å²) in [6, 6.07) is 0. The fourth-order valence-electron chi connectivity index (χ4n) is 1.26. The quantitative estimate of drug-likeness (QED) is 0.497. The number of ether oxygens (including phenoxy) is 1. The first-order chi connectivity index (χ1) is 7.20. The Kier molecular flexibility index (Phi) is 8.93. The van der Waals surface area contributed by atoms with Crippen LogP contribution < -0.4 is 5.32 Å². The van der Waals surface area contributed by atoms with Gasteiger partial charge in [-0.05, 0) is 12.8 Å². The Balaban J connectivity index is 3.64. The molecule has 88 valence electrons. The highest BCUT2D eigenvalue weighted by Gasteiger charge is 1.97. The maximum atomic E-state index is 10.6. The Bertz CT molecular complexity index is 200. The molecule has 0 saturated carbocycles. The van der Waals surface area contributed by atoms with E-state index in [1.807, 2.05) is 7.05 Å².